The SMILES string of the molecule is Fc1cc(Cl)ccc1CN1CCC(NCC2CC2)CC1. The zero-order valence-corrected chi connectivity index (χ0v) is 12.5. The summed E-state index contributed by atoms with van der Waals surface area (Å²) < 4.78 is 13.8. The van der Waals surface area contributed by atoms with Crippen molar-refractivity contribution in [2.45, 2.75) is 38.3 Å². The highest BCUT2D eigenvalue weighted by molar-refractivity contribution is 6.30. The first kappa shape index (κ1) is 14.3. The van der Waals surface area contributed by atoms with Crippen LogP contribution in [0, 0.1) is 11.7 Å². The molecule has 1 saturated heterocycles. The van der Waals surface area contributed by atoms with E-state index in [2.05, 4.69) is 10.2 Å². The Morgan fingerprint density at radius 3 is 2.60 bits per heavy atom. The van der Waals surface area contributed by atoms with Gasteiger partial charge < -0.3 is 5.32 Å². The minimum Gasteiger partial charge on any atom is -0.314 e. The first-order valence-electron chi connectivity index (χ1n) is 7.60. The van der Waals surface area contributed by atoms with E-state index in [9.17, 15) is 4.39 Å². The lowest BCUT2D eigenvalue weighted by atomic mass is 10.0. The number of likely N-dealkylation sites (tertiary alicyclic amines) is 1. The van der Waals surface area contributed by atoms with Gasteiger partial charge in [-0.1, -0.05) is 17.7 Å². The van der Waals surface area contributed by atoms with Gasteiger partial charge in [0.1, 0.15) is 5.82 Å². The quantitative estimate of drug-likeness (QED) is 0.895. The molecule has 3 rings (SSSR count). The van der Waals surface area contributed by atoms with Crippen LogP contribution >= 0.6 is 11.6 Å². The molecule has 20 heavy (non-hydrogen) atoms. The number of hydrogen-bond donors (Lipinski definition) is 1. The Morgan fingerprint density at radius 2 is 1.95 bits per heavy atom. The molecule has 0 amide bonds. The van der Waals surface area contributed by atoms with Gasteiger partial charge in [0, 0.05) is 23.2 Å². The zero-order chi connectivity index (χ0) is 13.9. The van der Waals surface area contributed by atoms with Crippen LogP contribution in [0.15, 0.2) is 18.2 Å². The minimum absolute atomic E-state index is 0.188. The van der Waals surface area contributed by atoms with Crippen molar-refractivity contribution in [3.8, 4) is 0 Å². The van der Waals surface area contributed by atoms with Gasteiger partial charge >= 0.3 is 0 Å². The second-order valence-electron chi connectivity index (χ2n) is 6.14. The molecule has 0 aromatic heterocycles. The molecule has 110 valence electrons. The molecule has 0 spiro atoms. The van der Waals surface area contributed by atoms with E-state index in [-0.39, 0.29) is 5.82 Å². The van der Waals surface area contributed by atoms with E-state index >= 15 is 0 Å². The van der Waals surface area contributed by atoms with Crippen molar-refractivity contribution in [3.63, 3.8) is 0 Å². The molecule has 2 nitrogen and oxygen atoms in total. The number of benzene rings is 1. The van der Waals surface area contributed by atoms with Gasteiger partial charge in [-0.25, -0.2) is 4.39 Å². The molecule has 1 saturated carbocycles. The molecule has 1 aromatic carbocycles. The van der Waals surface area contributed by atoms with Gasteiger partial charge in [-0.15, -0.1) is 0 Å². The van der Waals surface area contributed by atoms with Gasteiger partial charge in [-0.05, 0) is 63.4 Å². The first-order chi connectivity index (χ1) is 9.70. The third-order valence-corrected chi connectivity index (χ3v) is 4.62. The summed E-state index contributed by atoms with van der Waals surface area (Å²) in [6.07, 6.45) is 5.15. The van der Waals surface area contributed by atoms with Crippen LogP contribution < -0.4 is 5.32 Å². The molecule has 2 aliphatic rings. The normalized spacial score (nSPS) is 21.3. The van der Waals surface area contributed by atoms with Crippen molar-refractivity contribution in [1.82, 2.24) is 10.2 Å². The highest BCUT2D eigenvalue weighted by Crippen LogP contribution is 2.28. The predicted octanol–water partition coefficient (Wildman–Crippen LogP) is 3.44. The van der Waals surface area contributed by atoms with Gasteiger partial charge in [0.15, 0.2) is 0 Å². The van der Waals surface area contributed by atoms with Crippen molar-refractivity contribution in [2.24, 2.45) is 5.92 Å². The van der Waals surface area contributed by atoms with E-state index in [0.717, 1.165) is 24.6 Å². The molecule has 1 aliphatic carbocycles. The van der Waals surface area contributed by atoms with Crippen LogP contribution in [0.25, 0.3) is 0 Å². The summed E-state index contributed by atoms with van der Waals surface area (Å²) in [6.45, 7) is 3.98. The van der Waals surface area contributed by atoms with Gasteiger partial charge in [0.2, 0.25) is 0 Å². The van der Waals surface area contributed by atoms with E-state index in [1.807, 2.05) is 0 Å². The van der Waals surface area contributed by atoms with E-state index in [1.54, 1.807) is 12.1 Å². The maximum atomic E-state index is 13.8. The van der Waals surface area contributed by atoms with Crippen molar-refractivity contribution < 1.29 is 4.39 Å². The monoisotopic (exact) mass is 296 g/mol. The summed E-state index contributed by atoms with van der Waals surface area (Å²) in [4.78, 5) is 2.33. The maximum absolute atomic E-state index is 13.8. The van der Waals surface area contributed by atoms with Gasteiger partial charge in [-0.3, -0.25) is 4.90 Å². The van der Waals surface area contributed by atoms with E-state index in [4.69, 9.17) is 11.6 Å². The van der Waals surface area contributed by atoms with Crippen LogP contribution in [0.3, 0.4) is 0 Å². The third kappa shape index (κ3) is 3.94. The number of halogens is 2. The van der Waals surface area contributed by atoms with Crippen molar-refractivity contribution in [3.05, 3.63) is 34.6 Å². The van der Waals surface area contributed by atoms with E-state index < -0.39 is 0 Å². The second-order valence-corrected chi connectivity index (χ2v) is 6.57. The molecule has 0 atom stereocenters. The van der Waals surface area contributed by atoms with E-state index in [0.29, 0.717) is 17.6 Å². The Bertz CT molecular complexity index is 454. The summed E-state index contributed by atoms with van der Waals surface area (Å²) in [7, 11) is 0. The summed E-state index contributed by atoms with van der Waals surface area (Å²) in [5.74, 6) is 0.752. The number of hydrogen-bond acceptors (Lipinski definition) is 2. The van der Waals surface area contributed by atoms with E-state index in [1.165, 1.54) is 38.3 Å². The lowest BCUT2D eigenvalue weighted by Crippen LogP contribution is -2.42. The van der Waals surface area contributed by atoms with Crippen molar-refractivity contribution in [1.29, 1.82) is 0 Å². The van der Waals surface area contributed by atoms with Crippen LogP contribution in [-0.2, 0) is 6.54 Å². The van der Waals surface area contributed by atoms with Gasteiger partial charge in [0.25, 0.3) is 0 Å². The molecular formula is C16H22ClFN2. The fourth-order valence-electron chi connectivity index (χ4n) is 2.84. The summed E-state index contributed by atoms with van der Waals surface area (Å²) in [5, 5.41) is 4.14. The fourth-order valence-corrected chi connectivity index (χ4v) is 3.00. The highest BCUT2D eigenvalue weighted by atomic mass is 35.5. The van der Waals surface area contributed by atoms with Gasteiger partial charge in [0.05, 0.1) is 0 Å². The highest BCUT2D eigenvalue weighted by Gasteiger charge is 2.24. The molecule has 1 heterocycles. The average molecular weight is 297 g/mol. The molecular weight excluding hydrogens is 275 g/mol. The Hall–Kier alpha value is -0.640. The summed E-state index contributed by atoms with van der Waals surface area (Å²) in [5.41, 5.74) is 0.749. The molecule has 0 unspecified atom stereocenters. The smallest absolute Gasteiger partial charge is 0.129 e. The van der Waals surface area contributed by atoms with Crippen LogP contribution in [0.1, 0.15) is 31.2 Å². The zero-order valence-electron chi connectivity index (χ0n) is 11.7. The molecule has 4 heteroatoms. The molecule has 0 radical (unpaired) electrons. The van der Waals surface area contributed by atoms with Crippen LogP contribution in [0.4, 0.5) is 4.39 Å². The molecule has 0 bridgehead atoms. The van der Waals surface area contributed by atoms with Crippen LogP contribution in [0.2, 0.25) is 5.02 Å². The molecule has 1 aliphatic heterocycles. The molecule has 1 N–H and O–H groups in total. The summed E-state index contributed by atoms with van der Waals surface area (Å²) in [6, 6.07) is 5.63. The molecule has 1 aromatic rings. The Balaban J connectivity index is 1.45. The lowest BCUT2D eigenvalue weighted by Gasteiger charge is -2.32. The third-order valence-electron chi connectivity index (χ3n) is 4.39. The number of rotatable bonds is 5. The Labute approximate surface area is 125 Å². The van der Waals surface area contributed by atoms with Gasteiger partial charge in [-0.2, -0.15) is 0 Å². The molecule has 2 fully saturated rings. The Morgan fingerprint density at radius 1 is 1.20 bits per heavy atom. The van der Waals surface area contributed by atoms with Crippen molar-refractivity contribution in [2.75, 3.05) is 19.6 Å². The van der Waals surface area contributed by atoms with Crippen LogP contribution in [-0.4, -0.2) is 30.6 Å². The minimum atomic E-state index is -0.188. The first-order valence-corrected chi connectivity index (χ1v) is 7.98. The Kier molecular flexibility index (Phi) is 4.59. The summed E-state index contributed by atoms with van der Waals surface area (Å²) >= 11 is 5.78. The van der Waals surface area contributed by atoms with Crippen LogP contribution in [0.5, 0.6) is 0 Å². The van der Waals surface area contributed by atoms with Crippen molar-refractivity contribution >= 4 is 11.6 Å². The second kappa shape index (κ2) is 6.42. The fraction of sp³-hybridized carbons (Fsp3) is 0.625. The standard InChI is InChI=1S/C16H22ClFN2/c17-14-4-3-13(16(18)9-14)11-20-7-5-15(6-8-20)19-10-12-1-2-12/h3-4,9,12,15,19H,1-2,5-8,10-11H2. The number of piperidine rings is 1. The number of nitrogens with one attached hydrogen (secondary N) is 1. The average Bonchev–Trinajstić information content (AvgIpc) is 3.25. The maximum Gasteiger partial charge on any atom is 0.129 e. The topological polar surface area (TPSA) is 15.3 Å². The lowest BCUT2D eigenvalue weighted by molar-refractivity contribution is 0.188. The number of nitrogens with zero attached hydrogens (tertiary/aromatic N) is 1. The largest absolute Gasteiger partial charge is 0.314 e. The predicted molar refractivity (Wildman–Crippen MR) is 80.4 cm³/mol.